The SMILES string of the molecule is C=CCS(=O)(=O)N(Cc1ccccc1)C(C(=O)NO)C(C)C.CCSc1nc2ccccc2s1. The van der Waals surface area contributed by atoms with Gasteiger partial charge in [0.2, 0.25) is 10.0 Å². The van der Waals surface area contributed by atoms with Crippen LogP contribution < -0.4 is 5.48 Å². The van der Waals surface area contributed by atoms with Crippen LogP contribution in [-0.2, 0) is 21.4 Å². The van der Waals surface area contributed by atoms with Crippen molar-refractivity contribution in [2.75, 3.05) is 11.5 Å². The second kappa shape index (κ2) is 13.6. The number of aromatic nitrogens is 1. The van der Waals surface area contributed by atoms with Crippen molar-refractivity contribution >= 4 is 49.2 Å². The third kappa shape index (κ3) is 7.92. The Bertz CT molecular complexity index is 1130. The molecule has 184 valence electrons. The average molecular weight is 522 g/mol. The first kappa shape index (κ1) is 28.0. The fourth-order valence-electron chi connectivity index (χ4n) is 3.25. The first-order valence-corrected chi connectivity index (χ1v) is 14.2. The summed E-state index contributed by atoms with van der Waals surface area (Å²) in [6.07, 6.45) is 1.28. The Balaban J connectivity index is 0.000000283. The van der Waals surface area contributed by atoms with Gasteiger partial charge >= 0.3 is 0 Å². The molecule has 0 aliphatic rings. The van der Waals surface area contributed by atoms with Crippen molar-refractivity contribution < 1.29 is 18.4 Å². The topological polar surface area (TPSA) is 99.6 Å². The number of carbonyl (C=O) groups excluding carboxylic acids is 1. The van der Waals surface area contributed by atoms with Gasteiger partial charge in [-0.15, -0.1) is 17.9 Å². The Kier molecular flexibility index (Phi) is 11.2. The van der Waals surface area contributed by atoms with Crippen LogP contribution in [0.4, 0.5) is 0 Å². The molecule has 0 aliphatic heterocycles. The lowest BCUT2D eigenvalue weighted by Crippen LogP contribution is -2.51. The molecule has 0 saturated carbocycles. The molecular formula is C24H31N3O4S3. The largest absolute Gasteiger partial charge is 0.289 e. The van der Waals surface area contributed by atoms with E-state index in [9.17, 15) is 13.2 Å². The number of para-hydroxylation sites is 1. The van der Waals surface area contributed by atoms with E-state index in [-0.39, 0.29) is 18.2 Å². The standard InChI is InChI=1S/C15H22N2O4S.C9H9NS2/c1-4-10-22(20,21)17(11-13-8-6-5-7-9-13)14(12(2)3)15(18)16-19;1-2-11-9-10-7-5-3-4-6-8(7)12-9/h4-9,12,14,19H,1,10-11H2,2-3H3,(H,16,18);3-6H,2H2,1H3. The van der Waals surface area contributed by atoms with Gasteiger partial charge < -0.3 is 0 Å². The molecule has 0 bridgehead atoms. The molecular weight excluding hydrogens is 490 g/mol. The minimum atomic E-state index is -3.73. The summed E-state index contributed by atoms with van der Waals surface area (Å²) in [5, 5.41) is 8.92. The highest BCUT2D eigenvalue weighted by Gasteiger charge is 2.36. The van der Waals surface area contributed by atoms with E-state index < -0.39 is 22.0 Å². The molecule has 1 amide bonds. The lowest BCUT2D eigenvalue weighted by molar-refractivity contribution is -0.134. The van der Waals surface area contributed by atoms with Gasteiger partial charge in [-0.05, 0) is 29.4 Å². The van der Waals surface area contributed by atoms with Gasteiger partial charge in [0.25, 0.3) is 5.91 Å². The minimum absolute atomic E-state index is 0.0489. The van der Waals surface area contributed by atoms with Gasteiger partial charge in [-0.3, -0.25) is 10.0 Å². The lowest BCUT2D eigenvalue weighted by atomic mass is 10.0. The normalized spacial score (nSPS) is 12.3. The fraction of sp³-hybridized carbons (Fsp3) is 0.333. The van der Waals surface area contributed by atoms with Gasteiger partial charge in [0.1, 0.15) is 6.04 Å². The first-order valence-electron chi connectivity index (χ1n) is 10.8. The molecule has 10 heteroatoms. The van der Waals surface area contributed by atoms with Crippen molar-refractivity contribution in [2.45, 2.75) is 37.7 Å². The quantitative estimate of drug-likeness (QED) is 0.170. The predicted octanol–water partition coefficient (Wildman–Crippen LogP) is 4.94. The maximum atomic E-state index is 12.5. The van der Waals surface area contributed by atoms with Crippen molar-refractivity contribution in [3.63, 3.8) is 0 Å². The van der Waals surface area contributed by atoms with Crippen LogP contribution >= 0.6 is 23.1 Å². The highest BCUT2D eigenvalue weighted by atomic mass is 32.2. The van der Waals surface area contributed by atoms with Crippen molar-refractivity contribution in [1.82, 2.24) is 14.8 Å². The maximum absolute atomic E-state index is 12.5. The van der Waals surface area contributed by atoms with E-state index in [1.807, 2.05) is 23.9 Å². The number of amides is 1. The number of nitrogens with zero attached hydrogens (tertiary/aromatic N) is 2. The van der Waals surface area contributed by atoms with E-state index in [1.54, 1.807) is 54.9 Å². The van der Waals surface area contributed by atoms with E-state index in [1.165, 1.54) is 15.1 Å². The number of nitrogens with one attached hydrogen (secondary N) is 1. The van der Waals surface area contributed by atoms with Crippen molar-refractivity contribution in [3.8, 4) is 0 Å². The van der Waals surface area contributed by atoms with Crippen LogP contribution in [0, 0.1) is 5.92 Å². The zero-order valence-electron chi connectivity index (χ0n) is 19.5. The van der Waals surface area contributed by atoms with Gasteiger partial charge in [0.15, 0.2) is 4.34 Å². The van der Waals surface area contributed by atoms with E-state index in [0.29, 0.717) is 0 Å². The van der Waals surface area contributed by atoms with E-state index in [0.717, 1.165) is 21.1 Å². The van der Waals surface area contributed by atoms with Crippen LogP contribution in [0.5, 0.6) is 0 Å². The second-order valence-corrected chi connectivity index (χ2v) is 12.2. The number of sulfonamides is 1. The molecule has 0 spiro atoms. The molecule has 2 aromatic carbocycles. The van der Waals surface area contributed by atoms with Gasteiger partial charge in [-0.1, -0.05) is 81.1 Å². The summed E-state index contributed by atoms with van der Waals surface area (Å²) in [5.41, 5.74) is 3.44. The zero-order chi connectivity index (χ0) is 25.1. The number of thioether (sulfide) groups is 1. The molecule has 1 unspecified atom stereocenters. The van der Waals surface area contributed by atoms with Crippen molar-refractivity contribution in [1.29, 1.82) is 0 Å². The number of hydrogen-bond donors (Lipinski definition) is 2. The number of fused-ring (bicyclic) bond motifs is 1. The maximum Gasteiger partial charge on any atom is 0.262 e. The molecule has 7 nitrogen and oxygen atoms in total. The number of carbonyl (C=O) groups is 1. The summed E-state index contributed by atoms with van der Waals surface area (Å²) in [6, 6.07) is 16.2. The van der Waals surface area contributed by atoms with Crippen LogP contribution in [0.15, 0.2) is 71.6 Å². The Morgan fingerprint density at radius 1 is 1.21 bits per heavy atom. The first-order chi connectivity index (χ1) is 16.2. The minimum Gasteiger partial charge on any atom is -0.289 e. The summed E-state index contributed by atoms with van der Waals surface area (Å²) in [4.78, 5) is 16.4. The third-order valence-electron chi connectivity index (χ3n) is 4.73. The summed E-state index contributed by atoms with van der Waals surface area (Å²) >= 11 is 3.58. The second-order valence-electron chi connectivity index (χ2n) is 7.64. The highest BCUT2D eigenvalue weighted by Crippen LogP contribution is 2.28. The van der Waals surface area contributed by atoms with Crippen LogP contribution in [0.25, 0.3) is 10.2 Å². The highest BCUT2D eigenvalue weighted by molar-refractivity contribution is 8.01. The van der Waals surface area contributed by atoms with Gasteiger partial charge in [0, 0.05) is 6.54 Å². The summed E-state index contributed by atoms with van der Waals surface area (Å²) in [5.74, 6) is -0.240. The Morgan fingerprint density at radius 2 is 1.85 bits per heavy atom. The van der Waals surface area contributed by atoms with Crippen LogP contribution in [0.1, 0.15) is 26.3 Å². The monoisotopic (exact) mass is 521 g/mol. The zero-order valence-corrected chi connectivity index (χ0v) is 22.0. The van der Waals surface area contributed by atoms with Crippen LogP contribution in [-0.4, -0.2) is 46.4 Å². The van der Waals surface area contributed by atoms with Gasteiger partial charge in [-0.2, -0.15) is 4.31 Å². The molecule has 1 heterocycles. The molecule has 0 saturated heterocycles. The molecule has 34 heavy (non-hydrogen) atoms. The van der Waals surface area contributed by atoms with Crippen LogP contribution in [0.2, 0.25) is 0 Å². The Morgan fingerprint density at radius 3 is 2.41 bits per heavy atom. The third-order valence-corrected chi connectivity index (χ3v) is 8.52. The van der Waals surface area contributed by atoms with Gasteiger partial charge in [0.05, 0.1) is 16.0 Å². The molecule has 0 radical (unpaired) electrons. The van der Waals surface area contributed by atoms with Gasteiger partial charge in [-0.25, -0.2) is 18.9 Å². The number of rotatable bonds is 10. The molecule has 0 aliphatic carbocycles. The molecule has 3 aromatic rings. The van der Waals surface area contributed by atoms with E-state index >= 15 is 0 Å². The summed E-state index contributed by atoms with van der Waals surface area (Å²) in [7, 11) is -3.73. The molecule has 3 rings (SSSR count). The molecule has 1 aromatic heterocycles. The average Bonchev–Trinajstić information content (AvgIpc) is 3.22. The van der Waals surface area contributed by atoms with E-state index in [4.69, 9.17) is 5.21 Å². The van der Waals surface area contributed by atoms with Crippen molar-refractivity contribution in [2.24, 2.45) is 5.92 Å². The fourth-order valence-corrected chi connectivity index (χ4v) is 6.73. The molecule has 2 N–H and O–H groups in total. The number of thiazole rings is 1. The molecule has 1 atom stereocenters. The smallest absolute Gasteiger partial charge is 0.262 e. The lowest BCUT2D eigenvalue weighted by Gasteiger charge is -2.31. The Hall–Kier alpha value is -2.24. The van der Waals surface area contributed by atoms with E-state index in [2.05, 4.69) is 36.7 Å². The summed E-state index contributed by atoms with van der Waals surface area (Å²) < 4.78 is 28.6. The number of hydrogen-bond acceptors (Lipinski definition) is 7. The number of hydroxylamine groups is 1. The predicted molar refractivity (Wildman–Crippen MR) is 141 cm³/mol. The van der Waals surface area contributed by atoms with Crippen LogP contribution in [0.3, 0.4) is 0 Å². The summed E-state index contributed by atoms with van der Waals surface area (Å²) in [6.45, 7) is 9.09. The Labute approximate surface area is 209 Å². The van der Waals surface area contributed by atoms with Crippen molar-refractivity contribution in [3.05, 3.63) is 72.8 Å². The molecule has 0 fully saturated rings. The number of benzene rings is 2.